The van der Waals surface area contributed by atoms with Crippen LogP contribution in [0.4, 0.5) is 13.2 Å². The van der Waals surface area contributed by atoms with Crippen LogP contribution >= 0.6 is 0 Å². The van der Waals surface area contributed by atoms with Crippen LogP contribution in [0.1, 0.15) is 24.7 Å². The van der Waals surface area contributed by atoms with Crippen LogP contribution in [0.3, 0.4) is 0 Å². The molecule has 1 aromatic heterocycles. The Morgan fingerprint density at radius 3 is 2.88 bits per heavy atom. The first-order valence-electron chi connectivity index (χ1n) is 8.50. The third-order valence-electron chi connectivity index (χ3n) is 4.10. The molecule has 0 radical (unpaired) electrons. The first kappa shape index (κ1) is 18.5. The number of hydrogen-bond acceptors (Lipinski definition) is 5. The summed E-state index contributed by atoms with van der Waals surface area (Å²) >= 11 is 0. The fourth-order valence-corrected chi connectivity index (χ4v) is 2.88. The maximum Gasteiger partial charge on any atom is 0.422 e. The molecule has 3 rings (SSSR count). The van der Waals surface area contributed by atoms with Crippen LogP contribution in [0, 0.1) is 0 Å². The van der Waals surface area contributed by atoms with Gasteiger partial charge in [0.25, 0.3) is 0 Å². The van der Waals surface area contributed by atoms with Crippen molar-refractivity contribution in [1.29, 1.82) is 0 Å². The van der Waals surface area contributed by atoms with E-state index in [4.69, 9.17) is 9.47 Å². The Balaban J connectivity index is 1.60. The van der Waals surface area contributed by atoms with Gasteiger partial charge in [-0.1, -0.05) is 6.07 Å². The van der Waals surface area contributed by atoms with Crippen LogP contribution in [0.2, 0.25) is 0 Å². The Labute approximate surface area is 149 Å². The van der Waals surface area contributed by atoms with Gasteiger partial charge in [-0.05, 0) is 31.0 Å². The third kappa shape index (κ3) is 4.87. The van der Waals surface area contributed by atoms with Crippen LogP contribution in [0.5, 0.6) is 11.5 Å². The number of nitrogens with zero attached hydrogens (tertiary/aromatic N) is 3. The number of rotatable bonds is 7. The number of fused-ring (bicyclic) bond motifs is 1. The number of nitrogens with one attached hydrogen (secondary N) is 1. The second kappa shape index (κ2) is 7.94. The minimum atomic E-state index is -4.38. The zero-order valence-corrected chi connectivity index (χ0v) is 14.4. The number of alkyl halides is 3. The summed E-state index contributed by atoms with van der Waals surface area (Å²) in [5, 5.41) is 7.64. The standard InChI is InChI=1S/C17H21F3N4O2/c1-2-25-15-7-12(3-5-14(15)26-10-17(18,19)20)8-21-13-4-6-16-22-11-23-24(16)9-13/h3,5,7,11,13,21H,2,4,6,8-10H2,1H3. The zero-order valence-electron chi connectivity index (χ0n) is 14.4. The Hall–Kier alpha value is -2.29. The highest BCUT2D eigenvalue weighted by molar-refractivity contribution is 5.43. The Kier molecular flexibility index (Phi) is 5.65. The number of hydrogen-bond donors (Lipinski definition) is 1. The number of benzene rings is 1. The van der Waals surface area contributed by atoms with Gasteiger partial charge in [-0.15, -0.1) is 0 Å². The summed E-state index contributed by atoms with van der Waals surface area (Å²) in [4.78, 5) is 4.20. The van der Waals surface area contributed by atoms with Crippen LogP contribution in [-0.2, 0) is 19.5 Å². The van der Waals surface area contributed by atoms with Crippen molar-refractivity contribution in [3.63, 3.8) is 0 Å². The molecule has 0 amide bonds. The summed E-state index contributed by atoms with van der Waals surface area (Å²) < 4.78 is 49.2. The van der Waals surface area contributed by atoms with Gasteiger partial charge in [0.15, 0.2) is 18.1 Å². The molecular weight excluding hydrogens is 349 g/mol. The lowest BCUT2D eigenvalue weighted by Gasteiger charge is -2.24. The van der Waals surface area contributed by atoms with Gasteiger partial charge in [0.2, 0.25) is 0 Å². The Morgan fingerprint density at radius 2 is 2.12 bits per heavy atom. The minimum Gasteiger partial charge on any atom is -0.490 e. The molecule has 0 fully saturated rings. The predicted octanol–water partition coefficient (Wildman–Crippen LogP) is 2.72. The first-order valence-corrected chi connectivity index (χ1v) is 8.50. The minimum absolute atomic E-state index is 0.0952. The van der Waals surface area contributed by atoms with Gasteiger partial charge < -0.3 is 14.8 Å². The summed E-state index contributed by atoms with van der Waals surface area (Å²) in [6, 6.07) is 5.24. The Morgan fingerprint density at radius 1 is 1.27 bits per heavy atom. The van der Waals surface area contributed by atoms with Crippen molar-refractivity contribution in [2.75, 3.05) is 13.2 Å². The first-order chi connectivity index (χ1) is 12.4. The maximum atomic E-state index is 12.4. The van der Waals surface area contributed by atoms with Crippen molar-refractivity contribution < 1.29 is 22.6 Å². The van der Waals surface area contributed by atoms with Crippen molar-refractivity contribution in [2.24, 2.45) is 0 Å². The molecule has 1 aromatic carbocycles. The molecule has 0 aliphatic carbocycles. The monoisotopic (exact) mass is 370 g/mol. The summed E-state index contributed by atoms with van der Waals surface area (Å²) in [6.07, 6.45) is -0.994. The molecule has 26 heavy (non-hydrogen) atoms. The smallest absolute Gasteiger partial charge is 0.422 e. The van der Waals surface area contributed by atoms with Crippen molar-refractivity contribution in [3.8, 4) is 11.5 Å². The van der Waals surface area contributed by atoms with Crippen LogP contribution in [0.25, 0.3) is 0 Å². The van der Waals surface area contributed by atoms with E-state index in [-0.39, 0.29) is 11.8 Å². The van der Waals surface area contributed by atoms with Gasteiger partial charge in [-0.2, -0.15) is 18.3 Å². The summed E-state index contributed by atoms with van der Waals surface area (Å²) in [6.45, 7) is 2.11. The average Bonchev–Trinajstić information content (AvgIpc) is 3.06. The topological polar surface area (TPSA) is 61.2 Å². The largest absolute Gasteiger partial charge is 0.490 e. The molecule has 6 nitrogen and oxygen atoms in total. The van der Waals surface area contributed by atoms with Crippen molar-refractivity contribution in [1.82, 2.24) is 20.1 Å². The molecule has 0 saturated heterocycles. The van der Waals surface area contributed by atoms with Gasteiger partial charge in [0, 0.05) is 19.0 Å². The highest BCUT2D eigenvalue weighted by Crippen LogP contribution is 2.30. The molecule has 1 N–H and O–H groups in total. The van der Waals surface area contributed by atoms with Gasteiger partial charge in [0.05, 0.1) is 13.2 Å². The third-order valence-corrected chi connectivity index (χ3v) is 4.10. The molecule has 1 aliphatic heterocycles. The number of aryl methyl sites for hydroxylation is 1. The zero-order chi connectivity index (χ0) is 18.6. The fraction of sp³-hybridized carbons (Fsp3) is 0.529. The molecule has 0 saturated carbocycles. The van der Waals surface area contributed by atoms with Crippen molar-refractivity contribution in [3.05, 3.63) is 35.9 Å². The molecule has 1 aliphatic rings. The second-order valence-electron chi connectivity index (χ2n) is 6.09. The maximum absolute atomic E-state index is 12.4. The average molecular weight is 370 g/mol. The van der Waals surface area contributed by atoms with Crippen LogP contribution < -0.4 is 14.8 Å². The lowest BCUT2D eigenvalue weighted by molar-refractivity contribution is -0.153. The Bertz CT molecular complexity index is 733. The SMILES string of the molecule is CCOc1cc(CNC2CCc3ncnn3C2)ccc1OCC(F)(F)F. The van der Waals surface area contributed by atoms with E-state index in [1.54, 1.807) is 25.4 Å². The van der Waals surface area contributed by atoms with Gasteiger partial charge >= 0.3 is 6.18 Å². The van der Waals surface area contributed by atoms with Gasteiger partial charge in [-0.25, -0.2) is 9.67 Å². The molecule has 0 bridgehead atoms. The molecule has 9 heteroatoms. The fourth-order valence-electron chi connectivity index (χ4n) is 2.88. The lowest BCUT2D eigenvalue weighted by Crippen LogP contribution is -2.37. The number of ether oxygens (including phenoxy) is 2. The number of halogens is 3. The van der Waals surface area contributed by atoms with E-state index in [0.717, 1.165) is 30.8 Å². The van der Waals surface area contributed by atoms with Crippen molar-refractivity contribution in [2.45, 2.75) is 45.1 Å². The van der Waals surface area contributed by atoms with Crippen LogP contribution in [-0.4, -0.2) is 40.2 Å². The van der Waals surface area contributed by atoms with E-state index in [0.29, 0.717) is 18.9 Å². The van der Waals surface area contributed by atoms with E-state index in [9.17, 15) is 13.2 Å². The normalized spacial score (nSPS) is 17.0. The molecule has 2 heterocycles. The molecule has 2 aromatic rings. The highest BCUT2D eigenvalue weighted by Gasteiger charge is 2.29. The van der Waals surface area contributed by atoms with E-state index >= 15 is 0 Å². The quantitative estimate of drug-likeness (QED) is 0.812. The van der Waals surface area contributed by atoms with Crippen molar-refractivity contribution >= 4 is 0 Å². The molecule has 0 spiro atoms. The number of aromatic nitrogens is 3. The van der Waals surface area contributed by atoms with E-state index in [1.165, 1.54) is 6.07 Å². The van der Waals surface area contributed by atoms with E-state index < -0.39 is 12.8 Å². The second-order valence-corrected chi connectivity index (χ2v) is 6.09. The highest BCUT2D eigenvalue weighted by atomic mass is 19.4. The molecule has 142 valence electrons. The van der Waals surface area contributed by atoms with Gasteiger partial charge in [-0.3, -0.25) is 0 Å². The molecule has 1 atom stereocenters. The molecule has 1 unspecified atom stereocenters. The summed E-state index contributed by atoms with van der Waals surface area (Å²) in [7, 11) is 0. The molecular formula is C17H21F3N4O2. The summed E-state index contributed by atoms with van der Waals surface area (Å²) in [5.74, 6) is 1.41. The predicted molar refractivity (Wildman–Crippen MR) is 88.1 cm³/mol. The summed E-state index contributed by atoms with van der Waals surface area (Å²) in [5.41, 5.74) is 0.914. The van der Waals surface area contributed by atoms with E-state index in [1.807, 2.05) is 4.68 Å². The van der Waals surface area contributed by atoms with E-state index in [2.05, 4.69) is 15.4 Å². The lowest BCUT2D eigenvalue weighted by atomic mass is 10.1. The van der Waals surface area contributed by atoms with Gasteiger partial charge in [0.1, 0.15) is 12.2 Å². The van der Waals surface area contributed by atoms with Crippen LogP contribution in [0.15, 0.2) is 24.5 Å².